The lowest BCUT2D eigenvalue weighted by Gasteiger charge is -2.37. The Bertz CT molecular complexity index is 566. The van der Waals surface area contributed by atoms with Gasteiger partial charge in [-0.2, -0.15) is 0 Å². The number of nitrogens with zero attached hydrogens (tertiary/aromatic N) is 2. The van der Waals surface area contributed by atoms with E-state index in [1.165, 1.54) is 0 Å². The third kappa shape index (κ3) is 4.09. The van der Waals surface area contributed by atoms with Crippen LogP contribution in [0.2, 0.25) is 0 Å². The second-order valence-corrected chi connectivity index (χ2v) is 6.16. The zero-order valence-corrected chi connectivity index (χ0v) is 13.4. The van der Waals surface area contributed by atoms with Crippen molar-refractivity contribution in [1.82, 2.24) is 15.2 Å². The second kappa shape index (κ2) is 7.26. The van der Waals surface area contributed by atoms with Gasteiger partial charge in [-0.3, -0.25) is 9.78 Å². The highest BCUT2D eigenvalue weighted by molar-refractivity contribution is 5.77. The topological polar surface area (TPSA) is 82.5 Å². The van der Waals surface area contributed by atoms with Crippen LogP contribution in [0.5, 0.6) is 0 Å². The lowest BCUT2D eigenvalue weighted by Crippen LogP contribution is -2.49. The summed E-state index contributed by atoms with van der Waals surface area (Å²) >= 11 is 0. The van der Waals surface area contributed by atoms with E-state index in [-0.39, 0.29) is 12.1 Å². The summed E-state index contributed by atoms with van der Waals surface area (Å²) in [6.07, 6.45) is 6.71. The first-order chi connectivity index (χ1) is 11.0. The summed E-state index contributed by atoms with van der Waals surface area (Å²) in [5.74, 6) is -0.793. The number of carboxylic acid groups (broad SMARTS) is 1. The van der Waals surface area contributed by atoms with Gasteiger partial charge < -0.3 is 15.3 Å². The van der Waals surface area contributed by atoms with Crippen molar-refractivity contribution >= 4 is 12.0 Å². The number of carbonyl (C=O) groups is 2. The van der Waals surface area contributed by atoms with Crippen molar-refractivity contribution in [1.29, 1.82) is 0 Å². The highest BCUT2D eigenvalue weighted by atomic mass is 16.4. The summed E-state index contributed by atoms with van der Waals surface area (Å²) in [7, 11) is 0. The molecule has 0 aromatic carbocycles. The molecule has 124 valence electrons. The molecule has 0 saturated carbocycles. The minimum Gasteiger partial charge on any atom is -0.481 e. The largest absolute Gasteiger partial charge is 0.481 e. The van der Waals surface area contributed by atoms with E-state index in [0.717, 1.165) is 5.56 Å². The van der Waals surface area contributed by atoms with Crippen LogP contribution in [0.15, 0.2) is 37.2 Å². The fourth-order valence-corrected chi connectivity index (χ4v) is 2.70. The number of hydrogen-bond acceptors (Lipinski definition) is 3. The number of pyridine rings is 1. The van der Waals surface area contributed by atoms with Gasteiger partial charge in [-0.25, -0.2) is 4.79 Å². The molecule has 23 heavy (non-hydrogen) atoms. The summed E-state index contributed by atoms with van der Waals surface area (Å²) < 4.78 is 0. The molecule has 6 heteroatoms. The molecule has 1 aromatic rings. The van der Waals surface area contributed by atoms with E-state index in [1.807, 2.05) is 12.1 Å². The zero-order chi connectivity index (χ0) is 16.9. The third-order valence-electron chi connectivity index (χ3n) is 4.48. The van der Waals surface area contributed by atoms with E-state index in [2.05, 4.69) is 16.9 Å². The van der Waals surface area contributed by atoms with Crippen LogP contribution in [0.25, 0.3) is 0 Å². The molecule has 1 aromatic heterocycles. The number of rotatable bonds is 5. The van der Waals surface area contributed by atoms with E-state index in [9.17, 15) is 14.7 Å². The van der Waals surface area contributed by atoms with Crippen molar-refractivity contribution in [3.05, 3.63) is 42.7 Å². The average Bonchev–Trinajstić information content (AvgIpc) is 2.55. The quantitative estimate of drug-likeness (QED) is 0.818. The average molecular weight is 317 g/mol. The molecule has 0 aliphatic carbocycles. The molecule has 1 unspecified atom stereocenters. The Morgan fingerprint density at radius 2 is 2.04 bits per heavy atom. The zero-order valence-electron chi connectivity index (χ0n) is 13.4. The first kappa shape index (κ1) is 17.0. The normalized spacial score (nSPS) is 18.0. The first-order valence-electron chi connectivity index (χ1n) is 7.76. The Morgan fingerprint density at radius 3 is 2.57 bits per heavy atom. The van der Waals surface area contributed by atoms with E-state index in [0.29, 0.717) is 32.4 Å². The number of hydrogen-bond donors (Lipinski definition) is 2. The first-order valence-corrected chi connectivity index (χ1v) is 7.76. The van der Waals surface area contributed by atoms with Gasteiger partial charge >= 0.3 is 12.0 Å². The molecule has 2 amide bonds. The van der Waals surface area contributed by atoms with Crippen molar-refractivity contribution in [2.45, 2.75) is 32.2 Å². The number of carboxylic acids is 1. The molecule has 0 bridgehead atoms. The van der Waals surface area contributed by atoms with Gasteiger partial charge in [0.1, 0.15) is 0 Å². The maximum Gasteiger partial charge on any atom is 0.317 e. The number of urea groups is 1. The van der Waals surface area contributed by atoms with Gasteiger partial charge in [0.15, 0.2) is 0 Å². The van der Waals surface area contributed by atoms with Crippen LogP contribution < -0.4 is 5.32 Å². The Hall–Kier alpha value is -2.37. The lowest BCUT2D eigenvalue weighted by molar-refractivity contribution is -0.150. The maximum atomic E-state index is 12.5. The number of carbonyl (C=O) groups excluding carboxylic acids is 1. The molecule has 0 spiro atoms. The molecule has 1 atom stereocenters. The van der Waals surface area contributed by atoms with Gasteiger partial charge in [-0.05, 0) is 43.9 Å². The molecule has 1 fully saturated rings. The summed E-state index contributed by atoms with van der Waals surface area (Å²) in [5.41, 5.74) is 0.239. The van der Waals surface area contributed by atoms with E-state index < -0.39 is 11.4 Å². The Balaban J connectivity index is 1.98. The van der Waals surface area contributed by atoms with Gasteiger partial charge in [0, 0.05) is 25.5 Å². The number of likely N-dealkylation sites (tertiary alicyclic amines) is 1. The predicted molar refractivity (Wildman–Crippen MR) is 86.9 cm³/mol. The van der Waals surface area contributed by atoms with Crippen LogP contribution in [0.3, 0.4) is 0 Å². The Labute approximate surface area is 136 Å². The summed E-state index contributed by atoms with van der Waals surface area (Å²) in [4.78, 5) is 29.4. The molecule has 0 radical (unpaired) electrons. The van der Waals surface area contributed by atoms with Crippen LogP contribution in [-0.4, -0.2) is 40.1 Å². The van der Waals surface area contributed by atoms with Crippen molar-refractivity contribution in [3.8, 4) is 0 Å². The second-order valence-electron chi connectivity index (χ2n) is 6.16. The molecule has 1 aliphatic rings. The van der Waals surface area contributed by atoms with Crippen LogP contribution >= 0.6 is 0 Å². The lowest BCUT2D eigenvalue weighted by atomic mass is 9.80. The molecule has 2 rings (SSSR count). The summed E-state index contributed by atoms with van der Waals surface area (Å²) in [6, 6.07) is 3.41. The van der Waals surface area contributed by atoms with Gasteiger partial charge in [0.25, 0.3) is 0 Å². The molecule has 1 aliphatic heterocycles. The van der Waals surface area contributed by atoms with Crippen molar-refractivity contribution < 1.29 is 14.7 Å². The van der Waals surface area contributed by atoms with Gasteiger partial charge in [0.2, 0.25) is 0 Å². The standard InChI is InChI=1S/C17H23N3O3/c1-3-4-14(13-5-9-18-10-6-13)19-16(23)20-11-7-17(2,8-12-20)15(21)22/h3,5-6,9-10,14H,1,4,7-8,11-12H2,2H3,(H,19,23)(H,21,22). The Kier molecular flexibility index (Phi) is 5.36. The molecule has 2 heterocycles. The monoisotopic (exact) mass is 317 g/mol. The third-order valence-corrected chi connectivity index (χ3v) is 4.48. The van der Waals surface area contributed by atoms with Crippen LogP contribution in [0, 0.1) is 5.41 Å². The number of nitrogens with one attached hydrogen (secondary N) is 1. The van der Waals surface area contributed by atoms with Gasteiger partial charge in [-0.15, -0.1) is 6.58 Å². The van der Waals surface area contributed by atoms with Crippen LogP contribution in [0.4, 0.5) is 4.79 Å². The molecule has 6 nitrogen and oxygen atoms in total. The summed E-state index contributed by atoms with van der Waals surface area (Å²) in [5, 5.41) is 12.3. The fourth-order valence-electron chi connectivity index (χ4n) is 2.70. The SMILES string of the molecule is C=CCC(NC(=O)N1CCC(C)(C(=O)O)CC1)c1ccncc1. The smallest absolute Gasteiger partial charge is 0.317 e. The van der Waals surface area contributed by atoms with E-state index in [1.54, 1.807) is 30.3 Å². The van der Waals surface area contributed by atoms with E-state index in [4.69, 9.17) is 0 Å². The minimum atomic E-state index is -0.793. The highest BCUT2D eigenvalue weighted by Crippen LogP contribution is 2.31. The molecular formula is C17H23N3O3. The van der Waals surface area contributed by atoms with E-state index >= 15 is 0 Å². The maximum absolute atomic E-state index is 12.5. The van der Waals surface area contributed by atoms with Gasteiger partial charge in [-0.1, -0.05) is 6.08 Å². The highest BCUT2D eigenvalue weighted by Gasteiger charge is 2.38. The summed E-state index contributed by atoms with van der Waals surface area (Å²) in [6.45, 7) is 6.38. The van der Waals surface area contributed by atoms with Crippen molar-refractivity contribution in [2.75, 3.05) is 13.1 Å². The van der Waals surface area contributed by atoms with Gasteiger partial charge in [0.05, 0.1) is 11.5 Å². The number of aliphatic carboxylic acids is 1. The van der Waals surface area contributed by atoms with Crippen molar-refractivity contribution in [3.63, 3.8) is 0 Å². The molecular weight excluding hydrogens is 294 g/mol. The predicted octanol–water partition coefficient (Wildman–Crippen LogP) is 2.60. The van der Waals surface area contributed by atoms with Crippen LogP contribution in [-0.2, 0) is 4.79 Å². The Morgan fingerprint density at radius 1 is 1.43 bits per heavy atom. The molecule has 1 saturated heterocycles. The number of aromatic nitrogens is 1. The van der Waals surface area contributed by atoms with Crippen LogP contribution in [0.1, 0.15) is 37.8 Å². The number of amides is 2. The fraction of sp³-hybridized carbons (Fsp3) is 0.471. The number of piperidine rings is 1. The van der Waals surface area contributed by atoms with Crippen molar-refractivity contribution in [2.24, 2.45) is 5.41 Å². The minimum absolute atomic E-state index is 0.157. The molecule has 2 N–H and O–H groups in total.